The average molecular weight is 311 g/mol. The highest BCUT2D eigenvalue weighted by atomic mass is 32.2. The average Bonchev–Trinajstić information content (AvgIpc) is 2.46. The van der Waals surface area contributed by atoms with Crippen molar-refractivity contribution in [2.24, 2.45) is 0 Å². The number of aromatic hydroxyl groups is 1. The van der Waals surface area contributed by atoms with Crippen molar-refractivity contribution in [2.45, 2.75) is 30.2 Å². The first-order chi connectivity index (χ1) is 9.91. The monoisotopic (exact) mass is 311 g/mol. The lowest BCUT2D eigenvalue weighted by molar-refractivity contribution is -0.131. The Morgan fingerprint density at radius 2 is 1.90 bits per heavy atom. The smallest absolute Gasteiger partial charge is 0.328 e. The molecule has 114 valence electrons. The molecule has 1 fully saturated rings. The summed E-state index contributed by atoms with van der Waals surface area (Å²) in [6.07, 6.45) is 4.60. The number of nitrogens with zero attached hydrogens (tertiary/aromatic N) is 1. The summed E-state index contributed by atoms with van der Waals surface area (Å²) in [6, 6.07) is 4.88. The van der Waals surface area contributed by atoms with Crippen LogP contribution >= 0.6 is 0 Å². The van der Waals surface area contributed by atoms with Gasteiger partial charge in [-0.1, -0.05) is 12.5 Å². The van der Waals surface area contributed by atoms with Gasteiger partial charge >= 0.3 is 5.97 Å². The third-order valence-corrected chi connectivity index (χ3v) is 5.34. The van der Waals surface area contributed by atoms with Crippen molar-refractivity contribution in [1.29, 1.82) is 0 Å². The first kappa shape index (κ1) is 15.5. The van der Waals surface area contributed by atoms with E-state index in [2.05, 4.69) is 0 Å². The second kappa shape index (κ2) is 6.28. The molecule has 21 heavy (non-hydrogen) atoms. The zero-order valence-corrected chi connectivity index (χ0v) is 12.2. The highest BCUT2D eigenvalue weighted by molar-refractivity contribution is 7.89. The number of phenols is 1. The summed E-state index contributed by atoms with van der Waals surface area (Å²) >= 11 is 0. The molecule has 1 unspecified atom stereocenters. The number of rotatable bonds is 4. The van der Waals surface area contributed by atoms with Gasteiger partial charge in [0, 0.05) is 18.7 Å². The number of carboxylic acids is 1. The summed E-state index contributed by atoms with van der Waals surface area (Å²) < 4.78 is 26.6. The van der Waals surface area contributed by atoms with Crippen LogP contribution in [-0.2, 0) is 14.8 Å². The maximum Gasteiger partial charge on any atom is 0.328 e. The summed E-state index contributed by atoms with van der Waals surface area (Å²) in [4.78, 5) is 10.7. The molecular weight excluding hydrogens is 294 g/mol. The summed E-state index contributed by atoms with van der Waals surface area (Å²) in [5.74, 6) is -1.10. The van der Waals surface area contributed by atoms with E-state index in [0.29, 0.717) is 13.0 Å². The predicted molar refractivity (Wildman–Crippen MR) is 76.4 cm³/mol. The van der Waals surface area contributed by atoms with E-state index in [1.165, 1.54) is 34.6 Å². The molecule has 0 aliphatic carbocycles. The fourth-order valence-electron chi connectivity index (χ4n) is 2.37. The van der Waals surface area contributed by atoms with Crippen molar-refractivity contribution in [1.82, 2.24) is 4.31 Å². The quantitative estimate of drug-likeness (QED) is 0.823. The third-order valence-electron chi connectivity index (χ3n) is 3.40. The molecule has 0 spiro atoms. The zero-order valence-electron chi connectivity index (χ0n) is 11.3. The first-order valence-corrected chi connectivity index (χ1v) is 8.07. The Hall–Kier alpha value is -1.86. The Labute approximate surface area is 123 Å². The lowest BCUT2D eigenvalue weighted by Gasteiger charge is -2.32. The maximum absolute atomic E-state index is 12.6. The third kappa shape index (κ3) is 3.62. The Bertz CT molecular complexity index is 636. The molecule has 0 bridgehead atoms. The number of aliphatic carboxylic acids is 1. The highest BCUT2D eigenvalue weighted by Gasteiger charge is 2.32. The van der Waals surface area contributed by atoms with Gasteiger partial charge in [0.15, 0.2) is 0 Å². The SMILES string of the molecule is O=C(O)/C=C/C1CCCCN1S(=O)(=O)c1ccc(O)cc1. The lowest BCUT2D eigenvalue weighted by atomic mass is 10.0. The van der Waals surface area contributed by atoms with Crippen LogP contribution in [0.5, 0.6) is 5.75 Å². The highest BCUT2D eigenvalue weighted by Crippen LogP contribution is 2.26. The van der Waals surface area contributed by atoms with Gasteiger partial charge in [-0.2, -0.15) is 4.31 Å². The number of phenolic OH excluding ortho intramolecular Hbond substituents is 1. The van der Waals surface area contributed by atoms with E-state index in [-0.39, 0.29) is 10.6 Å². The Morgan fingerprint density at radius 3 is 2.52 bits per heavy atom. The van der Waals surface area contributed by atoms with Crippen LogP contribution in [0.15, 0.2) is 41.3 Å². The van der Waals surface area contributed by atoms with Gasteiger partial charge in [0.2, 0.25) is 10.0 Å². The van der Waals surface area contributed by atoms with Gasteiger partial charge in [0.25, 0.3) is 0 Å². The molecule has 1 heterocycles. The van der Waals surface area contributed by atoms with Crippen LogP contribution in [0.1, 0.15) is 19.3 Å². The Balaban J connectivity index is 2.31. The number of sulfonamides is 1. The predicted octanol–water partition coefficient (Wildman–Crippen LogP) is 1.58. The summed E-state index contributed by atoms with van der Waals surface area (Å²) in [5, 5.41) is 17.9. The van der Waals surface area contributed by atoms with Crippen LogP contribution < -0.4 is 0 Å². The van der Waals surface area contributed by atoms with Crippen molar-refractivity contribution in [3.63, 3.8) is 0 Å². The van der Waals surface area contributed by atoms with Gasteiger partial charge in [-0.25, -0.2) is 13.2 Å². The molecule has 1 atom stereocenters. The number of hydrogen-bond donors (Lipinski definition) is 2. The fourth-order valence-corrected chi connectivity index (χ4v) is 4.02. The molecule has 0 amide bonds. The molecule has 2 N–H and O–H groups in total. The van der Waals surface area contributed by atoms with Crippen LogP contribution in [-0.4, -0.2) is 41.5 Å². The van der Waals surface area contributed by atoms with E-state index in [1.54, 1.807) is 0 Å². The van der Waals surface area contributed by atoms with E-state index < -0.39 is 22.0 Å². The molecule has 1 aromatic rings. The summed E-state index contributed by atoms with van der Waals surface area (Å²) in [7, 11) is -3.70. The van der Waals surface area contributed by atoms with Gasteiger partial charge in [0.05, 0.1) is 4.90 Å². The Kier molecular flexibility index (Phi) is 4.64. The van der Waals surface area contributed by atoms with Gasteiger partial charge in [-0.05, 0) is 37.1 Å². The molecule has 1 aliphatic rings. The molecule has 0 saturated carbocycles. The van der Waals surface area contributed by atoms with Gasteiger partial charge in [-0.15, -0.1) is 0 Å². The van der Waals surface area contributed by atoms with Crippen molar-refractivity contribution >= 4 is 16.0 Å². The van der Waals surface area contributed by atoms with E-state index in [4.69, 9.17) is 5.11 Å². The van der Waals surface area contributed by atoms with E-state index in [9.17, 15) is 18.3 Å². The molecular formula is C14H17NO5S. The fraction of sp³-hybridized carbons (Fsp3) is 0.357. The van der Waals surface area contributed by atoms with Gasteiger partial charge in [0.1, 0.15) is 5.75 Å². The minimum atomic E-state index is -3.70. The molecule has 0 aromatic heterocycles. The Morgan fingerprint density at radius 1 is 1.24 bits per heavy atom. The summed E-state index contributed by atoms with van der Waals surface area (Å²) in [5.41, 5.74) is 0. The minimum Gasteiger partial charge on any atom is -0.508 e. The molecule has 1 aromatic carbocycles. The van der Waals surface area contributed by atoms with Crippen LogP contribution in [0.3, 0.4) is 0 Å². The second-order valence-electron chi connectivity index (χ2n) is 4.87. The lowest BCUT2D eigenvalue weighted by Crippen LogP contribution is -2.42. The van der Waals surface area contributed by atoms with Crippen molar-refractivity contribution in [3.8, 4) is 5.75 Å². The number of carboxylic acid groups (broad SMARTS) is 1. The van der Waals surface area contributed by atoms with Crippen LogP contribution in [0, 0.1) is 0 Å². The van der Waals surface area contributed by atoms with E-state index >= 15 is 0 Å². The van der Waals surface area contributed by atoms with Crippen molar-refractivity contribution < 1.29 is 23.4 Å². The number of hydrogen-bond acceptors (Lipinski definition) is 4. The minimum absolute atomic E-state index is 0.00471. The van der Waals surface area contributed by atoms with Crippen molar-refractivity contribution in [2.75, 3.05) is 6.54 Å². The molecule has 6 nitrogen and oxygen atoms in total. The van der Waals surface area contributed by atoms with Gasteiger partial charge < -0.3 is 10.2 Å². The number of carbonyl (C=O) groups is 1. The van der Waals surface area contributed by atoms with Crippen molar-refractivity contribution in [3.05, 3.63) is 36.4 Å². The molecule has 1 saturated heterocycles. The molecule has 7 heteroatoms. The molecule has 1 aliphatic heterocycles. The standard InChI is InChI=1S/C14H17NO5S/c16-12-5-7-13(8-6-12)21(19,20)15-10-2-1-3-11(15)4-9-14(17)18/h4-9,11,16H,1-3,10H2,(H,17,18)/b9-4+. The second-order valence-corrected chi connectivity index (χ2v) is 6.76. The van der Waals surface area contributed by atoms with E-state index in [0.717, 1.165) is 18.9 Å². The largest absolute Gasteiger partial charge is 0.508 e. The number of benzene rings is 1. The molecule has 2 rings (SSSR count). The van der Waals surface area contributed by atoms with Crippen LogP contribution in [0.2, 0.25) is 0 Å². The van der Waals surface area contributed by atoms with Crippen LogP contribution in [0.4, 0.5) is 0 Å². The van der Waals surface area contributed by atoms with Crippen LogP contribution in [0.25, 0.3) is 0 Å². The number of piperidine rings is 1. The zero-order chi connectivity index (χ0) is 15.5. The molecule has 0 radical (unpaired) electrons. The topological polar surface area (TPSA) is 94.9 Å². The first-order valence-electron chi connectivity index (χ1n) is 6.63. The van der Waals surface area contributed by atoms with Gasteiger partial charge in [-0.3, -0.25) is 0 Å². The normalized spacial score (nSPS) is 20.7. The van der Waals surface area contributed by atoms with E-state index in [1.807, 2.05) is 0 Å². The maximum atomic E-state index is 12.6. The summed E-state index contributed by atoms with van der Waals surface area (Å²) in [6.45, 7) is 0.359.